The first-order valence-electron chi connectivity index (χ1n) is 6.70. The summed E-state index contributed by atoms with van der Waals surface area (Å²) in [5.74, 6) is 0. The number of rotatable bonds is 4. The molecule has 0 fully saturated rings. The maximum absolute atomic E-state index is 4.32. The molecule has 0 amide bonds. The Balaban J connectivity index is 1.90. The summed E-state index contributed by atoms with van der Waals surface area (Å²) < 4.78 is 2.84. The molecule has 0 saturated heterocycles. The fourth-order valence-electron chi connectivity index (χ4n) is 2.29. The number of halogens is 1. The van der Waals surface area contributed by atoms with E-state index < -0.39 is 0 Å². The van der Waals surface area contributed by atoms with Crippen LogP contribution in [0.15, 0.2) is 65.7 Å². The Hall–Kier alpha value is -2.14. The average Bonchev–Trinajstić information content (AvgIpc) is 3.01. The number of benzene rings is 1. The molecule has 0 aliphatic carbocycles. The van der Waals surface area contributed by atoms with E-state index in [1.54, 1.807) is 12.4 Å². The molecule has 106 valence electrons. The Bertz CT molecular complexity index is 725. The van der Waals surface area contributed by atoms with Crippen LogP contribution >= 0.6 is 15.9 Å². The van der Waals surface area contributed by atoms with Crippen LogP contribution in [0, 0.1) is 0 Å². The molecule has 0 spiro atoms. The van der Waals surface area contributed by atoms with Gasteiger partial charge in [-0.25, -0.2) is 4.68 Å². The Morgan fingerprint density at radius 2 is 2.05 bits per heavy atom. The van der Waals surface area contributed by atoms with E-state index in [-0.39, 0.29) is 6.04 Å². The number of para-hydroxylation sites is 1. The number of hydrogen-bond acceptors (Lipinski definition) is 3. The van der Waals surface area contributed by atoms with Gasteiger partial charge in [0.05, 0.1) is 23.6 Å². The Labute approximate surface area is 132 Å². The second kappa shape index (κ2) is 6.10. The first-order valence-corrected chi connectivity index (χ1v) is 7.49. The van der Waals surface area contributed by atoms with Crippen molar-refractivity contribution in [1.82, 2.24) is 14.8 Å². The van der Waals surface area contributed by atoms with Gasteiger partial charge in [-0.05, 0) is 46.6 Å². The molecule has 0 bridgehead atoms. The summed E-state index contributed by atoms with van der Waals surface area (Å²) in [6, 6.07) is 12.3. The highest BCUT2D eigenvalue weighted by Crippen LogP contribution is 2.25. The van der Waals surface area contributed by atoms with E-state index in [0.717, 1.165) is 15.8 Å². The van der Waals surface area contributed by atoms with Gasteiger partial charge < -0.3 is 5.32 Å². The minimum Gasteiger partial charge on any atom is -0.377 e. The molecule has 0 radical (unpaired) electrons. The van der Waals surface area contributed by atoms with Crippen molar-refractivity contribution in [2.24, 2.45) is 0 Å². The van der Waals surface area contributed by atoms with Gasteiger partial charge in [-0.2, -0.15) is 5.10 Å². The molecule has 2 heterocycles. The first kappa shape index (κ1) is 13.8. The third kappa shape index (κ3) is 3.13. The predicted octanol–water partition coefficient (Wildman–Crippen LogP) is 4.20. The SMILES string of the molecule is CC(Nc1cncc(Br)c1)c1ccccc1-n1cccn1. The van der Waals surface area contributed by atoms with Gasteiger partial charge in [0.25, 0.3) is 0 Å². The van der Waals surface area contributed by atoms with Gasteiger partial charge in [-0.15, -0.1) is 0 Å². The van der Waals surface area contributed by atoms with E-state index in [1.165, 1.54) is 5.56 Å². The topological polar surface area (TPSA) is 42.7 Å². The second-order valence-electron chi connectivity index (χ2n) is 4.77. The monoisotopic (exact) mass is 342 g/mol. The van der Waals surface area contributed by atoms with Gasteiger partial charge >= 0.3 is 0 Å². The molecule has 0 aliphatic heterocycles. The minimum atomic E-state index is 0.140. The molecule has 1 aromatic carbocycles. The van der Waals surface area contributed by atoms with Crippen molar-refractivity contribution >= 4 is 21.6 Å². The van der Waals surface area contributed by atoms with Crippen molar-refractivity contribution in [2.45, 2.75) is 13.0 Å². The Morgan fingerprint density at radius 1 is 1.19 bits per heavy atom. The van der Waals surface area contributed by atoms with Crippen LogP contribution in [0.3, 0.4) is 0 Å². The molecule has 5 heteroatoms. The van der Waals surface area contributed by atoms with Crippen molar-refractivity contribution in [3.05, 3.63) is 71.2 Å². The number of nitrogens with zero attached hydrogens (tertiary/aromatic N) is 3. The normalized spacial score (nSPS) is 12.1. The molecular formula is C16H15BrN4. The first-order chi connectivity index (χ1) is 10.2. The number of hydrogen-bond donors (Lipinski definition) is 1. The highest BCUT2D eigenvalue weighted by atomic mass is 79.9. The van der Waals surface area contributed by atoms with Crippen LogP contribution in [0.2, 0.25) is 0 Å². The number of aromatic nitrogens is 3. The van der Waals surface area contributed by atoms with Gasteiger partial charge in [0.2, 0.25) is 0 Å². The maximum atomic E-state index is 4.32. The van der Waals surface area contributed by atoms with E-state index in [4.69, 9.17) is 0 Å². The Kier molecular flexibility index (Phi) is 4.01. The molecule has 4 nitrogen and oxygen atoms in total. The van der Waals surface area contributed by atoms with Crippen LogP contribution in [0.25, 0.3) is 5.69 Å². The van der Waals surface area contributed by atoms with E-state index in [0.29, 0.717) is 0 Å². The van der Waals surface area contributed by atoms with Crippen LogP contribution < -0.4 is 5.32 Å². The molecule has 1 atom stereocenters. The number of pyridine rings is 1. The molecule has 0 saturated carbocycles. The highest BCUT2D eigenvalue weighted by Gasteiger charge is 2.12. The molecule has 1 N–H and O–H groups in total. The zero-order chi connectivity index (χ0) is 14.7. The lowest BCUT2D eigenvalue weighted by molar-refractivity contribution is 0.817. The van der Waals surface area contributed by atoms with Crippen molar-refractivity contribution in [2.75, 3.05) is 5.32 Å². The van der Waals surface area contributed by atoms with Crippen molar-refractivity contribution in [3.8, 4) is 5.69 Å². The molecule has 2 aromatic heterocycles. The zero-order valence-corrected chi connectivity index (χ0v) is 13.2. The fourth-order valence-corrected chi connectivity index (χ4v) is 2.66. The van der Waals surface area contributed by atoms with Gasteiger partial charge in [0.15, 0.2) is 0 Å². The summed E-state index contributed by atoms with van der Waals surface area (Å²) in [6.45, 7) is 2.13. The van der Waals surface area contributed by atoms with Crippen molar-refractivity contribution < 1.29 is 0 Å². The molecule has 3 rings (SSSR count). The summed E-state index contributed by atoms with van der Waals surface area (Å²) in [7, 11) is 0. The summed E-state index contributed by atoms with van der Waals surface area (Å²) >= 11 is 3.44. The number of anilines is 1. The third-order valence-electron chi connectivity index (χ3n) is 3.24. The predicted molar refractivity (Wildman–Crippen MR) is 87.5 cm³/mol. The van der Waals surface area contributed by atoms with Crippen LogP contribution in [-0.2, 0) is 0 Å². The average molecular weight is 343 g/mol. The van der Waals surface area contributed by atoms with Crippen LogP contribution in [0.1, 0.15) is 18.5 Å². The maximum Gasteiger partial charge on any atom is 0.0698 e. The van der Waals surface area contributed by atoms with E-state index in [1.807, 2.05) is 41.3 Å². The fraction of sp³-hybridized carbons (Fsp3) is 0.125. The third-order valence-corrected chi connectivity index (χ3v) is 3.68. The lowest BCUT2D eigenvalue weighted by Crippen LogP contribution is -2.10. The van der Waals surface area contributed by atoms with Gasteiger partial charge in [0.1, 0.15) is 0 Å². The molecule has 21 heavy (non-hydrogen) atoms. The van der Waals surface area contributed by atoms with Crippen LogP contribution in [0.5, 0.6) is 0 Å². The van der Waals surface area contributed by atoms with Crippen LogP contribution in [-0.4, -0.2) is 14.8 Å². The summed E-state index contributed by atoms with van der Waals surface area (Å²) in [5, 5.41) is 7.79. The summed E-state index contributed by atoms with van der Waals surface area (Å²) in [6.07, 6.45) is 7.32. The van der Waals surface area contributed by atoms with E-state index >= 15 is 0 Å². The van der Waals surface area contributed by atoms with Gasteiger partial charge in [0, 0.05) is 23.1 Å². The summed E-state index contributed by atoms with van der Waals surface area (Å²) in [5.41, 5.74) is 3.23. The lowest BCUT2D eigenvalue weighted by atomic mass is 10.1. The van der Waals surface area contributed by atoms with E-state index in [9.17, 15) is 0 Å². The molecule has 0 aliphatic rings. The minimum absolute atomic E-state index is 0.140. The van der Waals surface area contributed by atoms with Gasteiger partial charge in [-0.1, -0.05) is 18.2 Å². The zero-order valence-electron chi connectivity index (χ0n) is 11.6. The van der Waals surface area contributed by atoms with Crippen LogP contribution in [0.4, 0.5) is 5.69 Å². The molecule has 3 aromatic rings. The largest absolute Gasteiger partial charge is 0.377 e. The second-order valence-corrected chi connectivity index (χ2v) is 5.68. The lowest BCUT2D eigenvalue weighted by Gasteiger charge is -2.19. The van der Waals surface area contributed by atoms with Gasteiger partial charge in [-0.3, -0.25) is 4.98 Å². The van der Waals surface area contributed by atoms with Crippen molar-refractivity contribution in [3.63, 3.8) is 0 Å². The molecule has 1 unspecified atom stereocenters. The highest BCUT2D eigenvalue weighted by molar-refractivity contribution is 9.10. The van der Waals surface area contributed by atoms with E-state index in [2.05, 4.69) is 50.4 Å². The molecular weight excluding hydrogens is 328 g/mol. The standard InChI is InChI=1S/C16H15BrN4/c1-12(20-14-9-13(17)10-18-11-14)15-5-2-3-6-16(15)21-8-4-7-19-21/h2-12,20H,1H3. The quantitative estimate of drug-likeness (QED) is 0.772. The summed E-state index contributed by atoms with van der Waals surface area (Å²) in [4.78, 5) is 4.18. The smallest absolute Gasteiger partial charge is 0.0698 e. The Morgan fingerprint density at radius 3 is 2.81 bits per heavy atom. The number of nitrogens with one attached hydrogen (secondary N) is 1. The van der Waals surface area contributed by atoms with Crippen molar-refractivity contribution in [1.29, 1.82) is 0 Å².